The largest absolute Gasteiger partial charge is 0.496 e. The number of nitrogens with zero attached hydrogens (tertiary/aromatic N) is 5. The Balaban J connectivity index is 1.28. The number of fused-ring (bicyclic) bond motifs is 1. The van der Waals surface area contributed by atoms with Crippen LogP contribution in [0.2, 0.25) is 0 Å². The molecule has 39 heavy (non-hydrogen) atoms. The summed E-state index contributed by atoms with van der Waals surface area (Å²) in [5.41, 5.74) is 9.86. The fourth-order valence-corrected chi connectivity index (χ4v) is 4.43. The number of hydrogen-bond acceptors (Lipinski definition) is 7. The number of amides is 1. The number of anilines is 1. The summed E-state index contributed by atoms with van der Waals surface area (Å²) < 4.78 is 27.2. The first-order valence-corrected chi connectivity index (χ1v) is 12.2. The molecule has 0 radical (unpaired) electrons. The quantitative estimate of drug-likeness (QED) is 0.284. The Morgan fingerprint density at radius 1 is 1.03 bits per heavy atom. The molecular formula is C28H28FN7O3. The van der Waals surface area contributed by atoms with E-state index in [4.69, 9.17) is 15.2 Å². The standard InChI is InChI=1S/C28H28FN7O3/c1-38-17-24-23(28(37)32-11-20-9-21-7-8-31-27(30)26(21)25(10-20)39-2)16-36(34-24)14-19-5-3-18(4-6-19)13-35-15-22(29)12-33-35/h3-10,12,15-16H,11,13-14,17H2,1-2H3,(H2,30,31)(H,32,37). The highest BCUT2D eigenvalue weighted by atomic mass is 19.1. The van der Waals surface area contributed by atoms with Crippen molar-refractivity contribution < 1.29 is 18.7 Å². The van der Waals surface area contributed by atoms with Gasteiger partial charge in [0.05, 0.1) is 50.1 Å². The van der Waals surface area contributed by atoms with E-state index in [1.54, 1.807) is 36.0 Å². The van der Waals surface area contributed by atoms with Gasteiger partial charge in [-0.25, -0.2) is 9.37 Å². The number of aromatic nitrogens is 5. The number of benzene rings is 2. The number of carbonyl (C=O) groups is 1. The predicted molar refractivity (Wildman–Crippen MR) is 144 cm³/mol. The SMILES string of the molecule is COCc1nn(Cc2ccc(Cn3cc(F)cn3)cc2)cc1C(=O)NCc1cc(OC)c2c(N)nccc2c1. The second-order valence-corrected chi connectivity index (χ2v) is 9.07. The summed E-state index contributed by atoms with van der Waals surface area (Å²) in [5, 5.41) is 13.1. The lowest BCUT2D eigenvalue weighted by molar-refractivity contribution is 0.0946. The number of nitrogens with two attached hydrogens (primary N) is 1. The molecule has 0 spiro atoms. The van der Waals surface area contributed by atoms with Crippen LogP contribution in [-0.2, 0) is 31.0 Å². The summed E-state index contributed by atoms with van der Waals surface area (Å²) in [7, 11) is 3.13. The summed E-state index contributed by atoms with van der Waals surface area (Å²) in [5.74, 6) is 0.359. The lowest BCUT2D eigenvalue weighted by Crippen LogP contribution is -2.23. The maximum atomic E-state index is 13.2. The Bertz CT molecular complexity index is 1610. The lowest BCUT2D eigenvalue weighted by atomic mass is 10.1. The van der Waals surface area contributed by atoms with Crippen LogP contribution >= 0.6 is 0 Å². The van der Waals surface area contributed by atoms with Crippen LogP contribution in [0.3, 0.4) is 0 Å². The molecule has 0 unspecified atom stereocenters. The molecule has 0 aliphatic rings. The fourth-order valence-electron chi connectivity index (χ4n) is 4.43. The molecule has 3 N–H and O–H groups in total. The van der Waals surface area contributed by atoms with Gasteiger partial charge in [0.25, 0.3) is 5.91 Å². The van der Waals surface area contributed by atoms with Crippen molar-refractivity contribution in [3.63, 3.8) is 0 Å². The number of pyridine rings is 1. The van der Waals surface area contributed by atoms with Crippen LogP contribution in [0.4, 0.5) is 10.2 Å². The Kier molecular flexibility index (Phi) is 7.50. The van der Waals surface area contributed by atoms with Gasteiger partial charge in [0.2, 0.25) is 0 Å². The van der Waals surface area contributed by atoms with Crippen molar-refractivity contribution in [1.29, 1.82) is 0 Å². The highest BCUT2D eigenvalue weighted by molar-refractivity contribution is 5.97. The van der Waals surface area contributed by atoms with Gasteiger partial charge < -0.3 is 20.5 Å². The first-order valence-electron chi connectivity index (χ1n) is 12.2. The maximum absolute atomic E-state index is 13.2. The second kappa shape index (κ2) is 11.3. The number of nitrogen functional groups attached to an aromatic ring is 1. The third kappa shape index (κ3) is 5.88. The van der Waals surface area contributed by atoms with Gasteiger partial charge in [0.15, 0.2) is 5.82 Å². The van der Waals surface area contributed by atoms with Crippen molar-refractivity contribution in [2.45, 2.75) is 26.2 Å². The Morgan fingerprint density at radius 2 is 1.77 bits per heavy atom. The van der Waals surface area contributed by atoms with Gasteiger partial charge >= 0.3 is 0 Å². The van der Waals surface area contributed by atoms with Gasteiger partial charge in [-0.1, -0.05) is 24.3 Å². The average molecular weight is 530 g/mol. The van der Waals surface area contributed by atoms with Crippen LogP contribution in [0.25, 0.3) is 10.8 Å². The number of halogens is 1. The van der Waals surface area contributed by atoms with Crippen molar-refractivity contribution in [1.82, 2.24) is 29.9 Å². The van der Waals surface area contributed by atoms with Crippen molar-refractivity contribution in [2.75, 3.05) is 20.0 Å². The van der Waals surface area contributed by atoms with Gasteiger partial charge in [-0.15, -0.1) is 0 Å². The van der Waals surface area contributed by atoms with Crippen LogP contribution in [0.1, 0.15) is 32.7 Å². The van der Waals surface area contributed by atoms with Crippen LogP contribution in [0, 0.1) is 5.82 Å². The molecule has 3 heterocycles. The van der Waals surface area contributed by atoms with E-state index in [9.17, 15) is 9.18 Å². The van der Waals surface area contributed by atoms with Gasteiger partial charge in [0.1, 0.15) is 17.3 Å². The number of carbonyl (C=O) groups excluding carboxylic acids is 1. The third-order valence-corrected chi connectivity index (χ3v) is 6.27. The van der Waals surface area contributed by atoms with E-state index >= 15 is 0 Å². The van der Waals surface area contributed by atoms with E-state index < -0.39 is 0 Å². The normalized spacial score (nSPS) is 11.2. The third-order valence-electron chi connectivity index (χ3n) is 6.27. The van der Waals surface area contributed by atoms with Crippen LogP contribution in [-0.4, -0.2) is 44.7 Å². The van der Waals surface area contributed by atoms with Crippen LogP contribution in [0.15, 0.2) is 67.3 Å². The molecule has 5 aromatic rings. The molecule has 1 amide bonds. The van der Waals surface area contributed by atoms with Crippen molar-refractivity contribution in [3.8, 4) is 5.75 Å². The zero-order valence-electron chi connectivity index (χ0n) is 21.6. The molecule has 200 valence electrons. The summed E-state index contributed by atoms with van der Waals surface area (Å²) in [6.45, 7) is 1.43. The molecule has 11 heteroatoms. The molecule has 0 bridgehead atoms. The Hall–Kier alpha value is -4.77. The molecule has 2 aromatic carbocycles. The van der Waals surface area contributed by atoms with Crippen molar-refractivity contribution >= 4 is 22.5 Å². The molecule has 3 aromatic heterocycles. The van der Waals surface area contributed by atoms with Crippen LogP contribution < -0.4 is 15.8 Å². The number of nitrogens with one attached hydrogen (secondary N) is 1. The fraction of sp³-hybridized carbons (Fsp3) is 0.214. The number of methoxy groups -OCH3 is 2. The van der Waals surface area contributed by atoms with E-state index in [1.807, 2.05) is 42.5 Å². The van der Waals surface area contributed by atoms with Gasteiger partial charge in [-0.3, -0.25) is 14.2 Å². The number of ether oxygens (including phenoxy) is 2. The summed E-state index contributed by atoms with van der Waals surface area (Å²) in [4.78, 5) is 17.3. The minimum atomic E-state index is -0.364. The first kappa shape index (κ1) is 25.9. The molecule has 0 atom stereocenters. The Morgan fingerprint density at radius 3 is 2.44 bits per heavy atom. The number of hydrogen-bond donors (Lipinski definition) is 2. The zero-order valence-corrected chi connectivity index (χ0v) is 21.6. The summed E-state index contributed by atoms with van der Waals surface area (Å²) >= 11 is 0. The molecule has 0 fully saturated rings. The highest BCUT2D eigenvalue weighted by Crippen LogP contribution is 2.31. The molecule has 0 saturated carbocycles. The van der Waals surface area contributed by atoms with Crippen LogP contribution in [0.5, 0.6) is 5.75 Å². The topological polar surface area (TPSA) is 122 Å². The monoisotopic (exact) mass is 529 g/mol. The second-order valence-electron chi connectivity index (χ2n) is 9.07. The van der Waals surface area contributed by atoms with E-state index in [0.717, 1.165) is 27.5 Å². The van der Waals surface area contributed by atoms with Crippen molar-refractivity contribution in [3.05, 3.63) is 101 Å². The molecular weight excluding hydrogens is 501 g/mol. The Labute approximate surface area is 224 Å². The van der Waals surface area contributed by atoms with E-state index in [-0.39, 0.29) is 24.9 Å². The molecule has 5 rings (SSSR count). The molecule has 0 saturated heterocycles. The summed E-state index contributed by atoms with van der Waals surface area (Å²) in [6.07, 6.45) is 5.89. The highest BCUT2D eigenvalue weighted by Gasteiger charge is 2.17. The van der Waals surface area contributed by atoms with Gasteiger partial charge in [-0.05, 0) is 40.3 Å². The lowest BCUT2D eigenvalue weighted by Gasteiger charge is -2.11. The van der Waals surface area contributed by atoms with Crippen molar-refractivity contribution in [2.24, 2.45) is 0 Å². The minimum absolute atomic E-state index is 0.200. The smallest absolute Gasteiger partial charge is 0.255 e. The van der Waals surface area contributed by atoms with Gasteiger partial charge in [0, 0.05) is 26.0 Å². The zero-order chi connectivity index (χ0) is 27.4. The minimum Gasteiger partial charge on any atom is -0.496 e. The molecule has 0 aliphatic heterocycles. The molecule has 0 aliphatic carbocycles. The summed E-state index contributed by atoms with van der Waals surface area (Å²) in [6, 6.07) is 13.5. The van der Waals surface area contributed by atoms with E-state index in [1.165, 1.54) is 12.4 Å². The molecule has 10 nitrogen and oxygen atoms in total. The van der Waals surface area contributed by atoms with Gasteiger partial charge in [-0.2, -0.15) is 10.2 Å². The van der Waals surface area contributed by atoms with E-state index in [2.05, 4.69) is 20.5 Å². The first-order chi connectivity index (χ1) is 18.9. The average Bonchev–Trinajstić information content (AvgIpc) is 3.53. The maximum Gasteiger partial charge on any atom is 0.255 e. The predicted octanol–water partition coefficient (Wildman–Crippen LogP) is 3.53. The number of rotatable bonds is 10. The van der Waals surface area contributed by atoms with E-state index in [0.29, 0.717) is 35.9 Å².